The number of hydrogen-bond acceptors (Lipinski definition) is 4. The molecule has 0 radical (unpaired) electrons. The minimum atomic E-state index is -4.50. The lowest BCUT2D eigenvalue weighted by atomic mass is 9.95. The summed E-state index contributed by atoms with van der Waals surface area (Å²) in [6, 6.07) is 0.234. The second-order valence-electron chi connectivity index (χ2n) is 6.41. The summed E-state index contributed by atoms with van der Waals surface area (Å²) < 4.78 is 38.1. The standard InChI is InChI=1S/C17H22ClF3N4O2/c1-3-22-15(26)10(2)24-16(27)11-4-6-25(7-5-11)14-13(18)8-12(9-23-14)17(19,20)21/h8-11H,3-7H2,1-2H3,(H,22,26)(H,24,27)/t10-/m0/s1. The third-order valence-electron chi connectivity index (χ3n) is 4.42. The molecule has 1 saturated heterocycles. The molecule has 1 aliphatic rings. The number of piperidine rings is 1. The second-order valence-corrected chi connectivity index (χ2v) is 6.82. The quantitative estimate of drug-likeness (QED) is 0.788. The topological polar surface area (TPSA) is 74.3 Å². The van der Waals surface area contributed by atoms with Gasteiger partial charge in [-0.1, -0.05) is 11.6 Å². The van der Waals surface area contributed by atoms with Crippen LogP contribution in [0.15, 0.2) is 12.3 Å². The molecule has 1 aromatic rings. The van der Waals surface area contributed by atoms with Gasteiger partial charge in [-0.25, -0.2) is 4.98 Å². The van der Waals surface area contributed by atoms with Crippen molar-refractivity contribution in [1.82, 2.24) is 15.6 Å². The van der Waals surface area contributed by atoms with Crippen LogP contribution in [0.4, 0.5) is 19.0 Å². The largest absolute Gasteiger partial charge is 0.417 e. The van der Waals surface area contributed by atoms with Crippen LogP contribution >= 0.6 is 11.6 Å². The van der Waals surface area contributed by atoms with Crippen LogP contribution in [0.25, 0.3) is 0 Å². The van der Waals surface area contributed by atoms with Crippen LogP contribution in [-0.4, -0.2) is 42.5 Å². The zero-order chi connectivity index (χ0) is 20.2. The molecule has 1 aromatic heterocycles. The van der Waals surface area contributed by atoms with Crippen LogP contribution in [0.2, 0.25) is 5.02 Å². The normalized spacial score (nSPS) is 16.7. The lowest BCUT2D eigenvalue weighted by molar-refractivity contribution is -0.137. The molecule has 0 aromatic carbocycles. The summed E-state index contributed by atoms with van der Waals surface area (Å²) in [4.78, 5) is 29.6. The van der Waals surface area contributed by atoms with E-state index in [0.717, 1.165) is 12.3 Å². The smallest absolute Gasteiger partial charge is 0.355 e. The Hall–Kier alpha value is -2.03. The molecule has 0 spiro atoms. The molecule has 2 N–H and O–H groups in total. The fourth-order valence-electron chi connectivity index (χ4n) is 2.90. The number of pyridine rings is 1. The van der Waals surface area contributed by atoms with Crippen LogP contribution in [0.1, 0.15) is 32.3 Å². The average Bonchev–Trinajstić information content (AvgIpc) is 2.61. The van der Waals surface area contributed by atoms with E-state index in [1.54, 1.807) is 18.7 Å². The van der Waals surface area contributed by atoms with Crippen LogP contribution in [0.3, 0.4) is 0 Å². The zero-order valence-electron chi connectivity index (χ0n) is 15.1. The van der Waals surface area contributed by atoms with Crippen molar-refractivity contribution in [2.24, 2.45) is 5.92 Å². The highest BCUT2D eigenvalue weighted by atomic mass is 35.5. The first-order valence-electron chi connectivity index (χ1n) is 8.69. The molecule has 1 aliphatic heterocycles. The highest BCUT2D eigenvalue weighted by Crippen LogP contribution is 2.34. The van der Waals surface area contributed by atoms with E-state index in [1.165, 1.54) is 0 Å². The summed E-state index contributed by atoms with van der Waals surface area (Å²) in [5.74, 6) is -0.450. The van der Waals surface area contributed by atoms with Gasteiger partial charge >= 0.3 is 6.18 Å². The van der Waals surface area contributed by atoms with E-state index in [2.05, 4.69) is 15.6 Å². The number of hydrogen-bond donors (Lipinski definition) is 2. The van der Waals surface area contributed by atoms with Crippen molar-refractivity contribution in [2.75, 3.05) is 24.5 Å². The van der Waals surface area contributed by atoms with Gasteiger partial charge in [-0.2, -0.15) is 13.2 Å². The Morgan fingerprint density at radius 2 is 2.00 bits per heavy atom. The number of aromatic nitrogens is 1. The lowest BCUT2D eigenvalue weighted by Crippen LogP contribution is -2.48. The van der Waals surface area contributed by atoms with Gasteiger partial charge in [0.1, 0.15) is 11.9 Å². The molecule has 10 heteroatoms. The van der Waals surface area contributed by atoms with Crippen molar-refractivity contribution < 1.29 is 22.8 Å². The number of rotatable bonds is 5. The number of likely N-dealkylation sites (N-methyl/N-ethyl adjacent to an activating group) is 1. The molecule has 2 rings (SSSR count). The van der Waals surface area contributed by atoms with Gasteiger partial charge in [0.05, 0.1) is 10.6 Å². The van der Waals surface area contributed by atoms with E-state index in [9.17, 15) is 22.8 Å². The van der Waals surface area contributed by atoms with Crippen molar-refractivity contribution in [3.8, 4) is 0 Å². The molecular formula is C17H22ClF3N4O2. The van der Waals surface area contributed by atoms with Gasteiger partial charge in [-0.15, -0.1) is 0 Å². The van der Waals surface area contributed by atoms with Crippen molar-refractivity contribution in [3.63, 3.8) is 0 Å². The number of anilines is 1. The monoisotopic (exact) mass is 406 g/mol. The minimum absolute atomic E-state index is 0.0717. The Morgan fingerprint density at radius 3 is 2.52 bits per heavy atom. The SMILES string of the molecule is CCNC(=O)[C@H](C)NC(=O)C1CCN(c2ncc(C(F)(F)F)cc2Cl)CC1. The predicted molar refractivity (Wildman–Crippen MR) is 95.5 cm³/mol. The predicted octanol–water partition coefficient (Wildman–Crippen LogP) is 2.61. The molecule has 0 saturated carbocycles. The summed E-state index contributed by atoms with van der Waals surface area (Å²) in [6.45, 7) is 4.77. The first-order valence-corrected chi connectivity index (χ1v) is 9.07. The number of nitrogens with zero attached hydrogens (tertiary/aromatic N) is 2. The maximum atomic E-state index is 12.7. The van der Waals surface area contributed by atoms with Gasteiger partial charge in [0.25, 0.3) is 0 Å². The summed E-state index contributed by atoms with van der Waals surface area (Å²) in [7, 11) is 0. The number of alkyl halides is 3. The van der Waals surface area contributed by atoms with E-state index in [1.807, 2.05) is 0 Å². The molecule has 2 amide bonds. The summed E-state index contributed by atoms with van der Waals surface area (Å²) in [6.07, 6.45) is -2.75. The van der Waals surface area contributed by atoms with E-state index in [4.69, 9.17) is 11.6 Å². The van der Waals surface area contributed by atoms with Crippen molar-refractivity contribution >= 4 is 29.2 Å². The van der Waals surface area contributed by atoms with Crippen LogP contribution < -0.4 is 15.5 Å². The van der Waals surface area contributed by atoms with Crippen LogP contribution in [0.5, 0.6) is 0 Å². The number of halogens is 4. The maximum absolute atomic E-state index is 12.7. The molecule has 0 bridgehead atoms. The molecule has 150 valence electrons. The molecule has 27 heavy (non-hydrogen) atoms. The van der Waals surface area contributed by atoms with Gasteiger partial charge < -0.3 is 15.5 Å². The highest BCUT2D eigenvalue weighted by Gasteiger charge is 2.33. The molecule has 6 nitrogen and oxygen atoms in total. The Labute approximate surface area is 160 Å². The first-order chi connectivity index (χ1) is 12.6. The fraction of sp³-hybridized carbons (Fsp3) is 0.588. The van der Waals surface area contributed by atoms with Gasteiger partial charge in [0.15, 0.2) is 0 Å². The van der Waals surface area contributed by atoms with E-state index < -0.39 is 17.8 Å². The number of carbonyl (C=O) groups is 2. The summed E-state index contributed by atoms with van der Waals surface area (Å²) in [5, 5.41) is 5.25. The third kappa shape index (κ3) is 5.47. The number of carbonyl (C=O) groups excluding carboxylic acids is 2. The van der Waals surface area contributed by atoms with Gasteiger partial charge in [-0.3, -0.25) is 9.59 Å². The van der Waals surface area contributed by atoms with E-state index >= 15 is 0 Å². The molecule has 1 fully saturated rings. The average molecular weight is 407 g/mol. The zero-order valence-corrected chi connectivity index (χ0v) is 15.8. The van der Waals surface area contributed by atoms with Gasteiger partial charge in [0, 0.05) is 31.7 Å². The first kappa shape index (κ1) is 21.3. The summed E-state index contributed by atoms with van der Waals surface area (Å²) >= 11 is 5.97. The Balaban J connectivity index is 1.93. The van der Waals surface area contributed by atoms with Gasteiger partial charge in [0.2, 0.25) is 11.8 Å². The number of amides is 2. The van der Waals surface area contributed by atoms with Crippen LogP contribution in [0, 0.1) is 5.92 Å². The van der Waals surface area contributed by atoms with E-state index in [0.29, 0.717) is 32.5 Å². The van der Waals surface area contributed by atoms with E-state index in [-0.39, 0.29) is 28.6 Å². The Morgan fingerprint density at radius 1 is 1.37 bits per heavy atom. The fourth-order valence-corrected chi connectivity index (χ4v) is 3.18. The molecule has 2 heterocycles. The summed E-state index contributed by atoms with van der Waals surface area (Å²) in [5.41, 5.74) is -0.898. The number of nitrogens with one attached hydrogen (secondary N) is 2. The molecular weight excluding hydrogens is 385 g/mol. The van der Waals surface area contributed by atoms with Crippen molar-refractivity contribution in [3.05, 3.63) is 22.8 Å². The highest BCUT2D eigenvalue weighted by molar-refractivity contribution is 6.33. The molecule has 0 aliphatic carbocycles. The van der Waals surface area contributed by atoms with Gasteiger partial charge in [-0.05, 0) is 32.8 Å². The minimum Gasteiger partial charge on any atom is -0.355 e. The van der Waals surface area contributed by atoms with Crippen molar-refractivity contribution in [2.45, 2.75) is 38.9 Å². The second kappa shape index (κ2) is 8.77. The Bertz CT molecular complexity index is 691. The van der Waals surface area contributed by atoms with Crippen LogP contribution in [-0.2, 0) is 15.8 Å². The maximum Gasteiger partial charge on any atom is 0.417 e. The Kier molecular flexibility index (Phi) is 6.91. The molecule has 0 unspecified atom stereocenters. The third-order valence-corrected chi connectivity index (χ3v) is 4.70. The van der Waals surface area contributed by atoms with Crippen molar-refractivity contribution in [1.29, 1.82) is 0 Å². The molecule has 1 atom stereocenters. The lowest BCUT2D eigenvalue weighted by Gasteiger charge is -2.33.